The van der Waals surface area contributed by atoms with Crippen LogP contribution in [-0.2, 0) is 13.6 Å². The molecule has 2 N–H and O–H groups in total. The molecule has 0 aromatic carbocycles. The minimum atomic E-state index is 0. The summed E-state index contributed by atoms with van der Waals surface area (Å²) in [4.78, 5) is 11.5. The Kier molecular flexibility index (Phi) is 6.63. The Bertz CT molecular complexity index is 526. The molecule has 2 unspecified atom stereocenters. The maximum absolute atomic E-state index is 4.64. The molecule has 8 heteroatoms. The van der Waals surface area contributed by atoms with Crippen LogP contribution in [0.25, 0.3) is 0 Å². The third-order valence-electron chi connectivity index (χ3n) is 4.51. The van der Waals surface area contributed by atoms with E-state index in [9.17, 15) is 0 Å². The van der Waals surface area contributed by atoms with E-state index in [1.807, 2.05) is 7.05 Å². The molecule has 0 amide bonds. The van der Waals surface area contributed by atoms with Crippen molar-refractivity contribution in [3.63, 3.8) is 0 Å². The molecular weight excluding hydrogens is 405 g/mol. The van der Waals surface area contributed by atoms with Crippen LogP contribution in [0.3, 0.4) is 0 Å². The van der Waals surface area contributed by atoms with Crippen LogP contribution >= 0.6 is 24.0 Å². The second-order valence-electron chi connectivity index (χ2n) is 6.35. The highest BCUT2D eigenvalue weighted by Crippen LogP contribution is 2.33. The highest BCUT2D eigenvalue weighted by Gasteiger charge is 2.38. The van der Waals surface area contributed by atoms with Gasteiger partial charge in [-0.3, -0.25) is 9.58 Å². The summed E-state index contributed by atoms with van der Waals surface area (Å²) in [6.07, 6.45) is 5.50. The third kappa shape index (κ3) is 4.79. The number of aliphatic imine (C=N–C) groups is 1. The first kappa shape index (κ1) is 18.4. The van der Waals surface area contributed by atoms with E-state index in [1.54, 1.807) is 11.0 Å². The Morgan fingerprint density at radius 1 is 1.43 bits per heavy atom. The third-order valence-corrected chi connectivity index (χ3v) is 4.51. The summed E-state index contributed by atoms with van der Waals surface area (Å²) in [6, 6.07) is 1.99. The van der Waals surface area contributed by atoms with Gasteiger partial charge in [0.25, 0.3) is 0 Å². The van der Waals surface area contributed by atoms with E-state index in [1.165, 1.54) is 19.3 Å². The summed E-state index contributed by atoms with van der Waals surface area (Å²) in [6.45, 7) is 6.96. The number of hydrogen-bond donors (Lipinski definition) is 2. The Morgan fingerprint density at radius 2 is 2.22 bits per heavy atom. The Balaban J connectivity index is 0.00000192. The summed E-state index contributed by atoms with van der Waals surface area (Å²) in [5, 5.41) is 11.0. The monoisotopic (exact) mass is 433 g/mol. The van der Waals surface area contributed by atoms with Gasteiger partial charge in [0.1, 0.15) is 18.7 Å². The van der Waals surface area contributed by atoms with Crippen LogP contribution in [0.2, 0.25) is 0 Å². The lowest BCUT2D eigenvalue weighted by atomic mass is 10.2. The van der Waals surface area contributed by atoms with Crippen molar-refractivity contribution in [1.82, 2.24) is 30.3 Å². The number of guanidine groups is 1. The summed E-state index contributed by atoms with van der Waals surface area (Å²) in [5.74, 6) is 1.75. The Hall–Kier alpha value is -0.900. The number of likely N-dealkylation sites (tertiary alicyclic amines) is 1. The van der Waals surface area contributed by atoms with Crippen molar-refractivity contribution in [2.24, 2.45) is 12.0 Å². The van der Waals surface area contributed by atoms with Gasteiger partial charge in [-0.15, -0.1) is 24.0 Å². The molecule has 1 aliphatic carbocycles. The molecule has 3 rings (SSSR count). The highest BCUT2D eigenvalue weighted by atomic mass is 127. The molecule has 1 aromatic rings. The van der Waals surface area contributed by atoms with Crippen LogP contribution in [0, 0.1) is 0 Å². The number of rotatable bonds is 5. The van der Waals surface area contributed by atoms with Crippen LogP contribution in [0.5, 0.6) is 0 Å². The zero-order valence-corrected chi connectivity index (χ0v) is 16.5. The summed E-state index contributed by atoms with van der Waals surface area (Å²) in [7, 11) is 1.89. The fraction of sp³-hybridized carbons (Fsp3) is 0.800. The largest absolute Gasteiger partial charge is 0.357 e. The lowest BCUT2D eigenvalue weighted by Crippen LogP contribution is -2.44. The van der Waals surface area contributed by atoms with Crippen LogP contribution in [-0.4, -0.2) is 56.8 Å². The van der Waals surface area contributed by atoms with Gasteiger partial charge in [-0.25, -0.2) is 9.98 Å². The number of nitrogens with zero attached hydrogens (tertiary/aromatic N) is 5. The summed E-state index contributed by atoms with van der Waals surface area (Å²) < 4.78 is 1.76. The molecule has 0 bridgehead atoms. The van der Waals surface area contributed by atoms with E-state index >= 15 is 0 Å². The van der Waals surface area contributed by atoms with Gasteiger partial charge in [0.05, 0.1) is 0 Å². The van der Waals surface area contributed by atoms with Gasteiger partial charge in [-0.1, -0.05) is 0 Å². The van der Waals surface area contributed by atoms with Crippen molar-refractivity contribution < 1.29 is 0 Å². The van der Waals surface area contributed by atoms with Gasteiger partial charge in [-0.2, -0.15) is 5.10 Å². The molecule has 1 aromatic heterocycles. The normalized spacial score (nSPS) is 25.3. The van der Waals surface area contributed by atoms with Crippen molar-refractivity contribution in [1.29, 1.82) is 0 Å². The maximum Gasteiger partial charge on any atom is 0.191 e. The van der Waals surface area contributed by atoms with Crippen LogP contribution < -0.4 is 10.6 Å². The standard InChI is InChI=1S/C15H27N7.HI/c1-4-16-15(17-8-14-18-10-19-21(14)3)20-12-7-11(2)22(9-12)13-5-6-13;/h10-13H,4-9H2,1-3H3,(H2,16,17,20);1H. The minimum absolute atomic E-state index is 0. The van der Waals surface area contributed by atoms with Gasteiger partial charge in [-0.05, 0) is 33.1 Å². The van der Waals surface area contributed by atoms with Crippen LogP contribution in [0.15, 0.2) is 11.3 Å². The van der Waals surface area contributed by atoms with E-state index in [-0.39, 0.29) is 24.0 Å². The number of aromatic nitrogens is 3. The van der Waals surface area contributed by atoms with Crippen molar-refractivity contribution >= 4 is 29.9 Å². The van der Waals surface area contributed by atoms with Gasteiger partial charge in [0, 0.05) is 38.3 Å². The SMILES string of the molecule is CCNC(=NCc1ncnn1C)NC1CC(C)N(C2CC2)C1.I. The summed E-state index contributed by atoms with van der Waals surface area (Å²) in [5.41, 5.74) is 0. The molecular formula is C15H28IN7. The molecule has 0 radical (unpaired) electrons. The molecule has 2 aliphatic rings. The quantitative estimate of drug-likeness (QED) is 0.414. The van der Waals surface area contributed by atoms with Gasteiger partial charge in [0.15, 0.2) is 5.96 Å². The topological polar surface area (TPSA) is 70.4 Å². The first-order chi connectivity index (χ1) is 10.7. The number of aryl methyl sites for hydroxylation is 1. The Morgan fingerprint density at radius 3 is 2.83 bits per heavy atom. The Labute approximate surface area is 155 Å². The summed E-state index contributed by atoms with van der Waals surface area (Å²) >= 11 is 0. The number of nitrogens with one attached hydrogen (secondary N) is 2. The zero-order valence-electron chi connectivity index (χ0n) is 14.2. The molecule has 23 heavy (non-hydrogen) atoms. The smallest absolute Gasteiger partial charge is 0.191 e. The van der Waals surface area contributed by atoms with Crippen molar-refractivity contribution in [2.75, 3.05) is 13.1 Å². The van der Waals surface area contributed by atoms with Crippen LogP contribution in [0.4, 0.5) is 0 Å². The average molecular weight is 433 g/mol. The van der Waals surface area contributed by atoms with Crippen molar-refractivity contribution in [3.05, 3.63) is 12.2 Å². The lowest BCUT2D eigenvalue weighted by molar-refractivity contribution is 0.256. The van der Waals surface area contributed by atoms with Crippen molar-refractivity contribution in [2.45, 2.75) is 57.8 Å². The molecule has 2 heterocycles. The molecule has 130 valence electrons. The second kappa shape index (κ2) is 8.27. The maximum atomic E-state index is 4.64. The lowest BCUT2D eigenvalue weighted by Gasteiger charge is -2.20. The molecule has 1 saturated heterocycles. The first-order valence-corrected chi connectivity index (χ1v) is 8.30. The molecule has 1 saturated carbocycles. The van der Waals surface area contributed by atoms with E-state index in [0.717, 1.165) is 30.9 Å². The molecule has 2 fully saturated rings. The fourth-order valence-corrected chi connectivity index (χ4v) is 3.20. The predicted octanol–water partition coefficient (Wildman–Crippen LogP) is 1.11. The molecule has 0 spiro atoms. The number of hydrogen-bond acceptors (Lipinski definition) is 4. The van der Waals surface area contributed by atoms with E-state index in [2.05, 4.69) is 44.5 Å². The number of halogens is 1. The van der Waals surface area contributed by atoms with E-state index in [4.69, 9.17) is 0 Å². The average Bonchev–Trinajstić information content (AvgIpc) is 3.15. The van der Waals surface area contributed by atoms with Gasteiger partial charge < -0.3 is 10.6 Å². The second-order valence-corrected chi connectivity index (χ2v) is 6.35. The van der Waals surface area contributed by atoms with Crippen LogP contribution in [0.1, 0.15) is 38.9 Å². The van der Waals surface area contributed by atoms with Crippen molar-refractivity contribution in [3.8, 4) is 0 Å². The van der Waals surface area contributed by atoms with Gasteiger partial charge >= 0.3 is 0 Å². The van der Waals surface area contributed by atoms with Gasteiger partial charge in [0.2, 0.25) is 0 Å². The van der Waals surface area contributed by atoms with E-state index < -0.39 is 0 Å². The first-order valence-electron chi connectivity index (χ1n) is 8.30. The zero-order chi connectivity index (χ0) is 15.5. The van der Waals surface area contributed by atoms with E-state index in [0.29, 0.717) is 18.6 Å². The molecule has 1 aliphatic heterocycles. The molecule has 7 nitrogen and oxygen atoms in total. The minimum Gasteiger partial charge on any atom is -0.357 e. The highest BCUT2D eigenvalue weighted by molar-refractivity contribution is 14.0. The predicted molar refractivity (Wildman–Crippen MR) is 102 cm³/mol. The fourth-order valence-electron chi connectivity index (χ4n) is 3.20. The molecule has 2 atom stereocenters.